The van der Waals surface area contributed by atoms with E-state index in [1.54, 1.807) is 6.07 Å². The average Bonchev–Trinajstić information content (AvgIpc) is 2.02. The van der Waals surface area contributed by atoms with Crippen molar-refractivity contribution in [1.29, 1.82) is 0 Å². The molecule has 0 saturated heterocycles. The molecule has 3 N–H and O–H groups in total. The van der Waals surface area contributed by atoms with Gasteiger partial charge in [0.15, 0.2) is 5.84 Å². The molecule has 0 amide bonds. The Balaban J connectivity index is 3.37. The van der Waals surface area contributed by atoms with Crippen molar-refractivity contribution < 1.29 is 9.60 Å². The second kappa shape index (κ2) is 4.23. The molecule has 0 aromatic heterocycles. The van der Waals surface area contributed by atoms with E-state index in [1.165, 1.54) is 6.07 Å². The van der Waals surface area contributed by atoms with Crippen molar-refractivity contribution in [3.05, 3.63) is 31.6 Å². The van der Waals surface area contributed by atoms with E-state index in [-0.39, 0.29) is 11.4 Å². The van der Waals surface area contributed by atoms with E-state index >= 15 is 0 Å². The fraction of sp³-hybridized carbons (Fsp3) is 0. The first-order chi connectivity index (χ1) is 6.06. The van der Waals surface area contributed by atoms with Crippen LogP contribution in [0.3, 0.4) is 0 Å². The molecule has 0 heterocycles. The highest BCUT2D eigenvalue weighted by molar-refractivity contribution is 14.1. The van der Waals surface area contributed by atoms with Crippen LogP contribution in [-0.2, 0) is 0 Å². The minimum absolute atomic E-state index is 0.117. The van der Waals surface area contributed by atoms with Crippen molar-refractivity contribution >= 4 is 44.4 Å². The molecule has 0 bridgehead atoms. The summed E-state index contributed by atoms with van der Waals surface area (Å²) in [6, 6.07) is 2.94. The van der Waals surface area contributed by atoms with Gasteiger partial charge in [0.1, 0.15) is 5.82 Å². The van der Waals surface area contributed by atoms with Crippen LogP contribution in [0, 0.1) is 9.39 Å². The summed E-state index contributed by atoms with van der Waals surface area (Å²) in [5.74, 6) is -0.747. The molecule has 0 unspecified atom stereocenters. The average molecular weight is 359 g/mol. The molecule has 0 aliphatic carbocycles. The summed E-state index contributed by atoms with van der Waals surface area (Å²) in [7, 11) is 0. The third kappa shape index (κ3) is 2.31. The van der Waals surface area contributed by atoms with Crippen molar-refractivity contribution in [3.63, 3.8) is 0 Å². The maximum atomic E-state index is 13.2. The summed E-state index contributed by atoms with van der Waals surface area (Å²) in [5, 5.41) is 11.1. The number of nitrogens with two attached hydrogens (primary N) is 1. The van der Waals surface area contributed by atoms with E-state index in [1.807, 2.05) is 22.6 Å². The molecule has 70 valence electrons. The maximum Gasteiger partial charge on any atom is 0.174 e. The van der Waals surface area contributed by atoms with Crippen molar-refractivity contribution in [3.8, 4) is 0 Å². The lowest BCUT2D eigenvalue weighted by molar-refractivity contribution is 0.318. The van der Waals surface area contributed by atoms with Crippen LogP contribution < -0.4 is 5.73 Å². The van der Waals surface area contributed by atoms with E-state index in [0.29, 0.717) is 8.04 Å². The van der Waals surface area contributed by atoms with Gasteiger partial charge in [0.05, 0.1) is 5.56 Å². The van der Waals surface area contributed by atoms with Gasteiger partial charge in [-0.1, -0.05) is 21.1 Å². The van der Waals surface area contributed by atoms with Crippen LogP contribution in [0.15, 0.2) is 21.8 Å². The molecule has 3 nitrogen and oxygen atoms in total. The minimum atomic E-state index is -0.519. The van der Waals surface area contributed by atoms with Crippen LogP contribution in [-0.4, -0.2) is 11.0 Å². The summed E-state index contributed by atoms with van der Waals surface area (Å²) in [4.78, 5) is 0. The van der Waals surface area contributed by atoms with E-state index in [4.69, 9.17) is 10.9 Å². The molecule has 6 heteroatoms. The van der Waals surface area contributed by atoms with Gasteiger partial charge in [-0.05, 0) is 34.7 Å². The number of oxime groups is 1. The van der Waals surface area contributed by atoms with Crippen molar-refractivity contribution in [2.24, 2.45) is 10.9 Å². The van der Waals surface area contributed by atoms with Gasteiger partial charge in [-0.3, -0.25) is 0 Å². The summed E-state index contributed by atoms with van der Waals surface area (Å²) < 4.78 is 14.4. The fourth-order valence-electron chi connectivity index (χ4n) is 0.837. The van der Waals surface area contributed by atoms with Gasteiger partial charge >= 0.3 is 0 Å². The molecule has 0 aliphatic heterocycles. The van der Waals surface area contributed by atoms with Crippen LogP contribution in [0.4, 0.5) is 4.39 Å². The van der Waals surface area contributed by atoms with Gasteiger partial charge in [0.25, 0.3) is 0 Å². The molecular formula is C7H5BrFIN2O. The molecule has 1 aromatic carbocycles. The smallest absolute Gasteiger partial charge is 0.174 e. The number of hydrogen-bond donors (Lipinski definition) is 2. The largest absolute Gasteiger partial charge is 0.409 e. The molecule has 13 heavy (non-hydrogen) atoms. The molecule has 0 fully saturated rings. The third-order valence-electron chi connectivity index (χ3n) is 1.37. The number of benzene rings is 1. The Morgan fingerprint density at radius 1 is 1.62 bits per heavy atom. The van der Waals surface area contributed by atoms with Crippen molar-refractivity contribution in [1.82, 2.24) is 0 Å². The van der Waals surface area contributed by atoms with E-state index in [2.05, 4.69) is 21.1 Å². The van der Waals surface area contributed by atoms with Gasteiger partial charge in [0.2, 0.25) is 0 Å². The number of rotatable bonds is 1. The Bertz CT molecular complexity index is 347. The third-order valence-corrected chi connectivity index (χ3v) is 2.68. The van der Waals surface area contributed by atoms with Gasteiger partial charge < -0.3 is 10.9 Å². The molecule has 1 aromatic rings. The quantitative estimate of drug-likeness (QED) is 0.266. The predicted octanol–water partition coefficient (Wildman–Crippen LogP) is 2.29. The second-order valence-corrected chi connectivity index (χ2v) is 4.31. The molecule has 1 rings (SSSR count). The van der Waals surface area contributed by atoms with E-state index in [0.717, 1.165) is 0 Å². The lowest BCUT2D eigenvalue weighted by Gasteiger charge is -2.04. The summed E-state index contributed by atoms with van der Waals surface area (Å²) in [5.41, 5.74) is 5.40. The summed E-state index contributed by atoms with van der Waals surface area (Å²) >= 11 is 5.04. The first-order valence-electron chi connectivity index (χ1n) is 3.18. The number of halogens is 3. The zero-order chi connectivity index (χ0) is 10.0. The number of hydrogen-bond acceptors (Lipinski definition) is 2. The molecular weight excluding hydrogens is 354 g/mol. The lowest BCUT2D eigenvalue weighted by Crippen LogP contribution is -2.16. The van der Waals surface area contributed by atoms with Crippen LogP contribution in [0.25, 0.3) is 0 Å². The van der Waals surface area contributed by atoms with Gasteiger partial charge in [-0.15, -0.1) is 0 Å². The van der Waals surface area contributed by atoms with Crippen molar-refractivity contribution in [2.75, 3.05) is 0 Å². The normalized spacial score (nSPS) is 11.8. The van der Waals surface area contributed by atoms with E-state index < -0.39 is 5.82 Å². The first-order valence-corrected chi connectivity index (χ1v) is 5.06. The highest BCUT2D eigenvalue weighted by Gasteiger charge is 2.12. The standard InChI is InChI=1S/C7H5BrFIN2O/c8-3-1-4(9)6(5(10)2-3)7(11)12-13/h1-2,13H,(H2,11,12). The van der Waals surface area contributed by atoms with Crippen molar-refractivity contribution in [2.45, 2.75) is 0 Å². The second-order valence-electron chi connectivity index (χ2n) is 2.23. The van der Waals surface area contributed by atoms with Crippen LogP contribution in [0.2, 0.25) is 0 Å². The predicted molar refractivity (Wildman–Crippen MR) is 59.3 cm³/mol. The molecule has 0 atom stereocenters. The maximum absolute atomic E-state index is 13.2. The van der Waals surface area contributed by atoms with Crippen LogP contribution >= 0.6 is 38.5 Å². The number of nitrogens with zero attached hydrogens (tertiary/aromatic N) is 1. The van der Waals surface area contributed by atoms with Gasteiger partial charge in [-0.25, -0.2) is 4.39 Å². The first kappa shape index (κ1) is 10.7. The zero-order valence-electron chi connectivity index (χ0n) is 6.26. The Morgan fingerprint density at radius 2 is 2.23 bits per heavy atom. The molecule has 0 spiro atoms. The topological polar surface area (TPSA) is 58.6 Å². The minimum Gasteiger partial charge on any atom is -0.409 e. The summed E-state index contributed by atoms with van der Waals surface area (Å²) in [6.45, 7) is 0. The van der Waals surface area contributed by atoms with E-state index in [9.17, 15) is 4.39 Å². The van der Waals surface area contributed by atoms with Crippen LogP contribution in [0.5, 0.6) is 0 Å². The highest BCUT2D eigenvalue weighted by atomic mass is 127. The lowest BCUT2D eigenvalue weighted by atomic mass is 10.2. The Hall–Kier alpha value is -0.370. The summed E-state index contributed by atoms with van der Waals surface area (Å²) in [6.07, 6.45) is 0. The SMILES string of the molecule is N/C(=N\O)c1c(F)cc(Br)cc1I. The monoisotopic (exact) mass is 358 g/mol. The highest BCUT2D eigenvalue weighted by Crippen LogP contribution is 2.21. The fourth-order valence-corrected chi connectivity index (χ4v) is 2.56. The Morgan fingerprint density at radius 3 is 2.69 bits per heavy atom. The van der Waals surface area contributed by atoms with Gasteiger partial charge in [0, 0.05) is 8.04 Å². The van der Waals surface area contributed by atoms with Gasteiger partial charge in [-0.2, -0.15) is 0 Å². The zero-order valence-corrected chi connectivity index (χ0v) is 10.0. The molecule has 0 aliphatic rings. The van der Waals surface area contributed by atoms with Crippen LogP contribution in [0.1, 0.15) is 5.56 Å². The molecule has 0 saturated carbocycles. The number of amidine groups is 1. The Labute approximate surface area is 96.1 Å². The molecule has 0 radical (unpaired) electrons. The Kier molecular flexibility index (Phi) is 3.48.